The van der Waals surface area contributed by atoms with Crippen molar-refractivity contribution < 1.29 is 18.2 Å². The van der Waals surface area contributed by atoms with E-state index in [1.807, 2.05) is 29.2 Å². The predicted octanol–water partition coefficient (Wildman–Crippen LogP) is 3.95. The molecule has 0 unspecified atom stereocenters. The van der Waals surface area contributed by atoms with Crippen molar-refractivity contribution in [2.75, 3.05) is 42.3 Å². The smallest absolute Gasteiger partial charge is 0.131 e. The molecule has 32 heavy (non-hydrogen) atoms. The lowest BCUT2D eigenvalue weighted by molar-refractivity contribution is -0.0461. The van der Waals surface area contributed by atoms with Crippen molar-refractivity contribution in [2.45, 2.75) is 23.9 Å². The summed E-state index contributed by atoms with van der Waals surface area (Å²) in [6.07, 6.45) is 0. The molecule has 1 aromatic heterocycles. The van der Waals surface area contributed by atoms with E-state index in [1.54, 1.807) is 19.1 Å². The number of hydrogen-bond donors (Lipinski definition) is 4. The Morgan fingerprint density at radius 3 is 2.78 bits per heavy atom. The van der Waals surface area contributed by atoms with Gasteiger partial charge in [0.1, 0.15) is 11.6 Å². The fourth-order valence-electron chi connectivity index (χ4n) is 4.17. The molecule has 2 aromatic carbocycles. The number of halogens is 1. The van der Waals surface area contributed by atoms with Crippen molar-refractivity contribution in [3.63, 3.8) is 0 Å². The number of rotatable bonds is 4. The zero-order valence-corrected chi connectivity index (χ0v) is 18.7. The molecule has 0 spiro atoms. The molecule has 1 fully saturated rings. The number of pyridine rings is 1. The van der Waals surface area contributed by atoms with E-state index in [2.05, 4.69) is 5.32 Å². The van der Waals surface area contributed by atoms with Gasteiger partial charge in [0.05, 0.1) is 34.9 Å². The molecule has 170 valence electrons. The van der Waals surface area contributed by atoms with Gasteiger partial charge in [0, 0.05) is 42.8 Å². The summed E-state index contributed by atoms with van der Waals surface area (Å²) in [6, 6.07) is 12.5. The third-order valence-corrected chi connectivity index (χ3v) is 8.00. The Bertz CT molecular complexity index is 1190. The molecule has 0 atom stereocenters. The van der Waals surface area contributed by atoms with E-state index in [0.717, 1.165) is 16.6 Å². The molecule has 0 aliphatic carbocycles. The molecule has 0 radical (unpaired) electrons. The van der Waals surface area contributed by atoms with Crippen LogP contribution in [0, 0.1) is 12.7 Å². The first-order valence-electron chi connectivity index (χ1n) is 10.5. The van der Waals surface area contributed by atoms with Gasteiger partial charge in [-0.25, -0.2) is 9.37 Å². The molecule has 2 aliphatic heterocycles. The summed E-state index contributed by atoms with van der Waals surface area (Å²) >= 11 is 0. The van der Waals surface area contributed by atoms with Crippen molar-refractivity contribution in [3.8, 4) is 0 Å². The van der Waals surface area contributed by atoms with E-state index in [0.29, 0.717) is 54.6 Å². The largest absolute Gasteiger partial charge is 0.382 e. The highest BCUT2D eigenvalue weighted by Crippen LogP contribution is 2.51. The Morgan fingerprint density at radius 1 is 1.25 bits per heavy atom. The van der Waals surface area contributed by atoms with Crippen LogP contribution in [0.25, 0.3) is 10.9 Å². The van der Waals surface area contributed by atoms with Crippen LogP contribution in [0.1, 0.15) is 11.1 Å². The number of ether oxygens (including phenoxy) is 1. The first-order chi connectivity index (χ1) is 15.2. The summed E-state index contributed by atoms with van der Waals surface area (Å²) in [6.45, 7) is 4.12. The molecule has 3 aromatic rings. The lowest BCUT2D eigenvalue weighted by Gasteiger charge is -2.38. The highest BCUT2D eigenvalue weighted by Gasteiger charge is 2.34. The van der Waals surface area contributed by atoms with Gasteiger partial charge in [0.25, 0.3) is 0 Å². The van der Waals surface area contributed by atoms with Crippen LogP contribution in [0.2, 0.25) is 0 Å². The highest BCUT2D eigenvalue weighted by molar-refractivity contribution is 8.24. The standard InChI is InChI=1S/C23H27FN4O3S/c1-15-8-17-19(26-12-23(25)13-31-14-23)10-22(27-20(17)9-18(15)24)28-6-7-32(29,30)21-5-3-2-4-16(21)11-28/h2-5,8-10,29-30H,6-7,11-14,25H2,1H3,(H,26,27). The summed E-state index contributed by atoms with van der Waals surface area (Å²) in [5, 5.41) is 4.24. The maximum atomic E-state index is 14.4. The summed E-state index contributed by atoms with van der Waals surface area (Å²) in [7, 11) is -2.89. The van der Waals surface area contributed by atoms with Gasteiger partial charge in [-0.15, -0.1) is 0 Å². The van der Waals surface area contributed by atoms with Crippen LogP contribution in [-0.2, 0) is 11.3 Å². The lowest BCUT2D eigenvalue weighted by Crippen LogP contribution is -2.61. The number of aromatic nitrogens is 1. The number of nitrogens with two attached hydrogens (primary N) is 1. The first-order valence-corrected chi connectivity index (χ1v) is 12.3. The fourth-order valence-corrected chi connectivity index (χ4v) is 5.71. The average Bonchev–Trinajstić information content (AvgIpc) is 2.88. The van der Waals surface area contributed by atoms with Crippen LogP contribution in [-0.4, -0.2) is 51.7 Å². The Hall–Kier alpha value is -2.43. The number of anilines is 2. The third-order valence-electron chi connectivity index (χ3n) is 6.14. The minimum absolute atomic E-state index is 0.206. The normalized spacial score (nSPS) is 20.2. The molecule has 2 aliphatic rings. The molecular weight excluding hydrogens is 431 g/mol. The Balaban J connectivity index is 1.55. The SMILES string of the molecule is Cc1cc2c(NCC3(N)COC3)cc(N3CCS(O)(O)c4ccccc4C3)nc2cc1F. The Morgan fingerprint density at radius 2 is 2.03 bits per heavy atom. The molecule has 3 heterocycles. The third kappa shape index (κ3) is 3.91. The fraction of sp³-hybridized carbons (Fsp3) is 0.348. The molecule has 5 N–H and O–H groups in total. The van der Waals surface area contributed by atoms with Gasteiger partial charge in [-0.3, -0.25) is 9.11 Å². The minimum atomic E-state index is -2.89. The maximum Gasteiger partial charge on any atom is 0.131 e. The van der Waals surface area contributed by atoms with Crippen molar-refractivity contribution in [1.82, 2.24) is 4.98 Å². The van der Waals surface area contributed by atoms with E-state index in [-0.39, 0.29) is 11.6 Å². The predicted molar refractivity (Wildman–Crippen MR) is 126 cm³/mol. The quantitative estimate of drug-likeness (QED) is 0.469. The van der Waals surface area contributed by atoms with E-state index in [9.17, 15) is 13.5 Å². The first kappa shape index (κ1) is 21.4. The van der Waals surface area contributed by atoms with Gasteiger partial charge in [0.15, 0.2) is 0 Å². The van der Waals surface area contributed by atoms with Crippen LogP contribution in [0.3, 0.4) is 0 Å². The van der Waals surface area contributed by atoms with Gasteiger partial charge < -0.3 is 20.7 Å². The average molecular weight is 459 g/mol. The van der Waals surface area contributed by atoms with Crippen molar-refractivity contribution in [1.29, 1.82) is 0 Å². The van der Waals surface area contributed by atoms with E-state index in [4.69, 9.17) is 15.5 Å². The zero-order chi connectivity index (χ0) is 22.5. The topological polar surface area (TPSA) is 104 Å². The lowest BCUT2D eigenvalue weighted by atomic mass is 9.99. The number of fused-ring (bicyclic) bond motifs is 2. The molecule has 0 amide bonds. The van der Waals surface area contributed by atoms with E-state index >= 15 is 0 Å². The summed E-state index contributed by atoms with van der Waals surface area (Å²) in [5.41, 5.74) is 8.62. The van der Waals surface area contributed by atoms with Crippen LogP contribution in [0.15, 0.2) is 47.4 Å². The molecule has 1 saturated heterocycles. The molecule has 7 nitrogen and oxygen atoms in total. The van der Waals surface area contributed by atoms with Crippen molar-refractivity contribution in [3.05, 3.63) is 59.4 Å². The number of aryl methyl sites for hydroxylation is 1. The molecular formula is C23H27FN4O3S. The second kappa shape index (κ2) is 7.86. The molecule has 9 heteroatoms. The van der Waals surface area contributed by atoms with Crippen LogP contribution in [0.4, 0.5) is 15.9 Å². The van der Waals surface area contributed by atoms with Gasteiger partial charge in [-0.05, 0) is 30.2 Å². The summed E-state index contributed by atoms with van der Waals surface area (Å²) < 4.78 is 41.0. The number of nitrogens with one attached hydrogen (secondary N) is 1. The van der Waals surface area contributed by atoms with E-state index < -0.39 is 16.1 Å². The van der Waals surface area contributed by atoms with Gasteiger partial charge in [-0.2, -0.15) is 10.6 Å². The summed E-state index contributed by atoms with van der Waals surface area (Å²) in [4.78, 5) is 7.33. The van der Waals surface area contributed by atoms with Crippen LogP contribution in [0.5, 0.6) is 0 Å². The number of benzene rings is 2. The number of hydrogen-bond acceptors (Lipinski definition) is 7. The van der Waals surface area contributed by atoms with Crippen LogP contribution < -0.4 is 16.0 Å². The maximum absolute atomic E-state index is 14.4. The van der Waals surface area contributed by atoms with Crippen LogP contribution >= 0.6 is 10.6 Å². The monoisotopic (exact) mass is 458 g/mol. The second-order valence-electron chi connectivity index (χ2n) is 8.76. The second-order valence-corrected chi connectivity index (χ2v) is 10.9. The minimum Gasteiger partial charge on any atom is -0.382 e. The van der Waals surface area contributed by atoms with Gasteiger partial charge in [-0.1, -0.05) is 18.2 Å². The van der Waals surface area contributed by atoms with E-state index in [1.165, 1.54) is 6.07 Å². The Labute approximate surface area is 187 Å². The zero-order valence-electron chi connectivity index (χ0n) is 17.8. The van der Waals surface area contributed by atoms with Gasteiger partial charge >= 0.3 is 0 Å². The highest BCUT2D eigenvalue weighted by atomic mass is 32.3. The van der Waals surface area contributed by atoms with Crippen molar-refractivity contribution in [2.24, 2.45) is 5.73 Å². The van der Waals surface area contributed by atoms with Gasteiger partial charge in [0.2, 0.25) is 0 Å². The Kier molecular flexibility index (Phi) is 5.26. The molecule has 0 bridgehead atoms. The van der Waals surface area contributed by atoms with Crippen molar-refractivity contribution >= 4 is 33.0 Å². The molecule has 0 saturated carbocycles. The summed E-state index contributed by atoms with van der Waals surface area (Å²) in [5.74, 6) is 0.537. The number of nitrogens with zero attached hydrogens (tertiary/aromatic N) is 2. The molecule has 5 rings (SSSR count).